The lowest BCUT2D eigenvalue weighted by molar-refractivity contribution is 0.0956. The number of rotatable bonds is 9. The summed E-state index contributed by atoms with van der Waals surface area (Å²) < 4.78 is 11.6. The third kappa shape index (κ3) is 6.99. The molecule has 3 N–H and O–H groups in total. The number of nitrogens with zero attached hydrogens (tertiary/aromatic N) is 1. The second-order valence-corrected chi connectivity index (χ2v) is 7.99. The number of carbonyl (C=O) groups is 1. The van der Waals surface area contributed by atoms with Crippen molar-refractivity contribution in [3.8, 4) is 5.75 Å². The van der Waals surface area contributed by atoms with E-state index in [9.17, 15) is 4.79 Å². The van der Waals surface area contributed by atoms with Gasteiger partial charge in [0.2, 0.25) is 0 Å². The summed E-state index contributed by atoms with van der Waals surface area (Å²) in [5.74, 6) is 2.01. The summed E-state index contributed by atoms with van der Waals surface area (Å²) in [6.07, 6.45) is 1.06. The van der Waals surface area contributed by atoms with E-state index in [1.54, 1.807) is 7.05 Å². The third-order valence-corrected chi connectivity index (χ3v) is 5.40. The van der Waals surface area contributed by atoms with E-state index in [0.29, 0.717) is 43.7 Å². The highest BCUT2D eigenvalue weighted by atomic mass is 16.5. The number of aryl methyl sites for hydroxylation is 1. The normalized spacial score (nSPS) is 16.0. The SMILES string of the molecule is CCNC(=O)c1ccc(CNC(=NC)NCc2ccc(C)cc2OCC2CCOC2)cc1. The van der Waals surface area contributed by atoms with Crippen molar-refractivity contribution in [2.45, 2.75) is 33.4 Å². The average molecular weight is 439 g/mol. The Bertz CT molecular complexity index is 906. The van der Waals surface area contributed by atoms with Gasteiger partial charge in [-0.3, -0.25) is 9.79 Å². The number of nitrogens with one attached hydrogen (secondary N) is 3. The van der Waals surface area contributed by atoms with Crippen LogP contribution in [0.1, 0.15) is 40.4 Å². The Morgan fingerprint density at radius 2 is 1.91 bits per heavy atom. The van der Waals surface area contributed by atoms with E-state index in [0.717, 1.165) is 36.5 Å². The number of hydrogen-bond donors (Lipinski definition) is 3. The summed E-state index contributed by atoms with van der Waals surface area (Å²) in [6.45, 7) is 8.09. The van der Waals surface area contributed by atoms with E-state index in [1.807, 2.05) is 31.2 Å². The van der Waals surface area contributed by atoms with Gasteiger partial charge < -0.3 is 25.4 Å². The summed E-state index contributed by atoms with van der Waals surface area (Å²) in [4.78, 5) is 16.2. The predicted molar refractivity (Wildman–Crippen MR) is 127 cm³/mol. The largest absolute Gasteiger partial charge is 0.493 e. The number of amides is 1. The van der Waals surface area contributed by atoms with Crippen molar-refractivity contribution in [2.75, 3.05) is 33.4 Å². The van der Waals surface area contributed by atoms with Gasteiger partial charge in [-0.15, -0.1) is 0 Å². The minimum Gasteiger partial charge on any atom is -0.493 e. The van der Waals surface area contributed by atoms with Crippen molar-refractivity contribution in [3.63, 3.8) is 0 Å². The molecular weight excluding hydrogens is 404 g/mol. The second kappa shape index (κ2) is 12.1. The van der Waals surface area contributed by atoms with E-state index in [4.69, 9.17) is 9.47 Å². The Morgan fingerprint density at radius 1 is 1.12 bits per heavy atom. The molecule has 172 valence electrons. The topological polar surface area (TPSA) is 84.0 Å². The molecule has 0 bridgehead atoms. The van der Waals surface area contributed by atoms with Crippen LogP contribution in [-0.4, -0.2) is 45.3 Å². The van der Waals surface area contributed by atoms with Crippen LogP contribution in [0.5, 0.6) is 5.75 Å². The molecule has 3 rings (SSSR count). The first-order valence-electron chi connectivity index (χ1n) is 11.2. The van der Waals surface area contributed by atoms with Gasteiger partial charge in [-0.25, -0.2) is 0 Å². The molecule has 7 heteroatoms. The van der Waals surface area contributed by atoms with E-state index in [1.165, 1.54) is 5.56 Å². The maximum Gasteiger partial charge on any atom is 0.251 e. The maximum absolute atomic E-state index is 11.9. The Hall–Kier alpha value is -3.06. The summed E-state index contributed by atoms with van der Waals surface area (Å²) in [7, 11) is 1.75. The van der Waals surface area contributed by atoms with Crippen molar-refractivity contribution in [2.24, 2.45) is 10.9 Å². The molecule has 2 aromatic rings. The zero-order chi connectivity index (χ0) is 22.8. The number of ether oxygens (including phenoxy) is 2. The van der Waals surface area contributed by atoms with Crippen LogP contribution in [0.3, 0.4) is 0 Å². The predicted octanol–water partition coefficient (Wildman–Crippen LogP) is 3.03. The molecule has 0 saturated carbocycles. The molecule has 1 fully saturated rings. The van der Waals surface area contributed by atoms with Crippen LogP contribution >= 0.6 is 0 Å². The van der Waals surface area contributed by atoms with Gasteiger partial charge in [0.05, 0.1) is 13.2 Å². The molecule has 0 aliphatic carbocycles. The van der Waals surface area contributed by atoms with Gasteiger partial charge in [0.1, 0.15) is 5.75 Å². The van der Waals surface area contributed by atoms with Crippen molar-refractivity contribution in [3.05, 3.63) is 64.7 Å². The number of guanidine groups is 1. The van der Waals surface area contributed by atoms with Crippen LogP contribution in [0.2, 0.25) is 0 Å². The minimum absolute atomic E-state index is 0.0546. The molecule has 32 heavy (non-hydrogen) atoms. The second-order valence-electron chi connectivity index (χ2n) is 7.99. The van der Waals surface area contributed by atoms with Crippen LogP contribution in [-0.2, 0) is 17.8 Å². The lowest BCUT2D eigenvalue weighted by atomic mass is 10.1. The van der Waals surface area contributed by atoms with Gasteiger partial charge in [0, 0.05) is 50.3 Å². The molecular formula is C25H34N4O3. The molecule has 0 radical (unpaired) electrons. The summed E-state index contributed by atoms with van der Waals surface area (Å²) in [5, 5.41) is 9.48. The van der Waals surface area contributed by atoms with E-state index in [2.05, 4.69) is 46.1 Å². The highest BCUT2D eigenvalue weighted by molar-refractivity contribution is 5.94. The lowest BCUT2D eigenvalue weighted by Gasteiger charge is -2.17. The number of hydrogen-bond acceptors (Lipinski definition) is 4. The van der Waals surface area contributed by atoms with Crippen LogP contribution in [0.25, 0.3) is 0 Å². The molecule has 0 spiro atoms. The van der Waals surface area contributed by atoms with Crippen LogP contribution in [0.15, 0.2) is 47.5 Å². The minimum atomic E-state index is -0.0546. The molecule has 1 saturated heterocycles. The van der Waals surface area contributed by atoms with Gasteiger partial charge in [0.15, 0.2) is 5.96 Å². The van der Waals surface area contributed by atoms with Crippen molar-refractivity contribution < 1.29 is 14.3 Å². The number of aliphatic imine (C=N–C) groups is 1. The monoisotopic (exact) mass is 438 g/mol. The van der Waals surface area contributed by atoms with Gasteiger partial charge in [-0.05, 0) is 49.6 Å². The van der Waals surface area contributed by atoms with Crippen molar-refractivity contribution in [1.29, 1.82) is 0 Å². The molecule has 1 amide bonds. The van der Waals surface area contributed by atoms with Crippen LogP contribution in [0, 0.1) is 12.8 Å². The molecule has 1 aliphatic rings. The average Bonchev–Trinajstić information content (AvgIpc) is 3.33. The third-order valence-electron chi connectivity index (χ3n) is 5.40. The first-order chi connectivity index (χ1) is 15.6. The fraction of sp³-hybridized carbons (Fsp3) is 0.440. The highest BCUT2D eigenvalue weighted by Crippen LogP contribution is 2.22. The molecule has 1 aliphatic heterocycles. The Kier molecular flexibility index (Phi) is 8.92. The fourth-order valence-corrected chi connectivity index (χ4v) is 3.49. The van der Waals surface area contributed by atoms with Gasteiger partial charge in [-0.2, -0.15) is 0 Å². The van der Waals surface area contributed by atoms with Gasteiger partial charge >= 0.3 is 0 Å². The smallest absolute Gasteiger partial charge is 0.251 e. The quantitative estimate of drug-likeness (QED) is 0.414. The first-order valence-corrected chi connectivity index (χ1v) is 11.2. The Balaban J connectivity index is 1.52. The molecule has 2 aromatic carbocycles. The summed E-state index contributed by atoms with van der Waals surface area (Å²) in [5.41, 5.74) is 3.99. The van der Waals surface area contributed by atoms with E-state index >= 15 is 0 Å². The standard InChI is InChI=1S/C25H34N4O3/c1-4-27-24(30)21-9-6-19(7-10-21)14-28-25(26-3)29-15-22-8-5-18(2)13-23(22)32-17-20-11-12-31-16-20/h5-10,13,20H,4,11-12,14-17H2,1-3H3,(H,27,30)(H2,26,28,29). The molecule has 1 atom stereocenters. The van der Waals surface area contributed by atoms with Crippen molar-refractivity contribution in [1.82, 2.24) is 16.0 Å². The zero-order valence-corrected chi connectivity index (χ0v) is 19.2. The summed E-state index contributed by atoms with van der Waals surface area (Å²) >= 11 is 0. The Labute approximate surface area is 190 Å². The fourth-order valence-electron chi connectivity index (χ4n) is 3.49. The zero-order valence-electron chi connectivity index (χ0n) is 19.2. The molecule has 0 aromatic heterocycles. The number of benzene rings is 2. The van der Waals surface area contributed by atoms with Gasteiger partial charge in [-0.1, -0.05) is 24.3 Å². The van der Waals surface area contributed by atoms with E-state index in [-0.39, 0.29) is 5.91 Å². The first kappa shape index (κ1) is 23.6. The van der Waals surface area contributed by atoms with Gasteiger partial charge in [0.25, 0.3) is 5.91 Å². The van der Waals surface area contributed by atoms with E-state index < -0.39 is 0 Å². The molecule has 7 nitrogen and oxygen atoms in total. The number of carbonyl (C=O) groups excluding carboxylic acids is 1. The highest BCUT2D eigenvalue weighted by Gasteiger charge is 2.17. The van der Waals surface area contributed by atoms with Crippen LogP contribution < -0.4 is 20.7 Å². The maximum atomic E-state index is 11.9. The molecule has 1 heterocycles. The van der Waals surface area contributed by atoms with Crippen LogP contribution in [0.4, 0.5) is 0 Å². The lowest BCUT2D eigenvalue weighted by Crippen LogP contribution is -2.36. The Morgan fingerprint density at radius 3 is 2.59 bits per heavy atom. The van der Waals surface area contributed by atoms with Crippen molar-refractivity contribution >= 4 is 11.9 Å². The molecule has 1 unspecified atom stereocenters. The summed E-state index contributed by atoms with van der Waals surface area (Å²) in [6, 6.07) is 13.8.